The molecule has 1 amide bonds. The molecule has 0 spiro atoms. The van der Waals surface area contributed by atoms with Gasteiger partial charge < -0.3 is 11.1 Å². The van der Waals surface area contributed by atoms with Crippen LogP contribution in [0, 0.1) is 0 Å². The van der Waals surface area contributed by atoms with Crippen molar-refractivity contribution in [2.24, 2.45) is 0 Å². The van der Waals surface area contributed by atoms with Gasteiger partial charge in [-0.05, 0) is 18.2 Å². The minimum atomic E-state index is -4.70. The number of carbonyl (C=O) groups excluding carboxylic acids is 1. The highest BCUT2D eigenvalue weighted by atomic mass is 19.4. The fourth-order valence-electron chi connectivity index (χ4n) is 1.23. The fourth-order valence-corrected chi connectivity index (χ4v) is 1.23. The Balaban J connectivity index is 2.84. The summed E-state index contributed by atoms with van der Waals surface area (Å²) in [5.74, 6) is -1.40. The average Bonchev–Trinajstić information content (AvgIpc) is 2.16. The lowest BCUT2D eigenvalue weighted by molar-refractivity contribution is -0.150. The van der Waals surface area contributed by atoms with Crippen LogP contribution < -0.4 is 11.1 Å². The van der Waals surface area contributed by atoms with E-state index in [1.807, 2.05) is 0 Å². The Kier molecular flexibility index (Phi) is 3.97. The minimum absolute atomic E-state index is 0.303. The van der Waals surface area contributed by atoms with Gasteiger partial charge in [0.25, 0.3) is 0 Å². The van der Waals surface area contributed by atoms with Crippen LogP contribution in [0.3, 0.4) is 0 Å². The van der Waals surface area contributed by atoms with E-state index in [9.17, 15) is 31.1 Å². The Morgan fingerprint density at radius 1 is 1.16 bits per heavy atom. The topological polar surface area (TPSA) is 55.1 Å². The van der Waals surface area contributed by atoms with Crippen molar-refractivity contribution in [3.63, 3.8) is 0 Å². The van der Waals surface area contributed by atoms with E-state index in [1.165, 1.54) is 0 Å². The van der Waals surface area contributed by atoms with E-state index in [0.29, 0.717) is 12.1 Å². The predicted octanol–water partition coefficient (Wildman–Crippen LogP) is 3.18. The number of carbonyl (C=O) groups is 1. The summed E-state index contributed by atoms with van der Waals surface area (Å²) in [6, 6.07) is 1.94. The molecule has 0 radical (unpaired) electrons. The van der Waals surface area contributed by atoms with E-state index in [1.54, 1.807) is 5.32 Å². The van der Waals surface area contributed by atoms with Crippen LogP contribution in [0.4, 0.5) is 37.7 Å². The normalized spacial score (nSPS) is 12.3. The molecule has 0 bridgehead atoms. The molecule has 0 heterocycles. The average molecular weight is 286 g/mol. The van der Waals surface area contributed by atoms with Gasteiger partial charge in [0.15, 0.2) is 0 Å². The van der Waals surface area contributed by atoms with Crippen molar-refractivity contribution < 1.29 is 31.1 Å². The van der Waals surface area contributed by atoms with Gasteiger partial charge in [-0.25, -0.2) is 0 Å². The molecule has 1 rings (SSSR count). The molecular formula is C10H8F6N2O. The molecule has 3 N–H and O–H groups in total. The standard InChI is InChI=1S/C10H8F6N2O/c11-9(12,13)4-8(19)18-7-2-1-5(3-6(7)17)10(14,15)16/h1-3H,4,17H2,(H,18,19). The number of hydrogen-bond donors (Lipinski definition) is 2. The van der Waals surface area contributed by atoms with Crippen LogP contribution in [0.5, 0.6) is 0 Å². The number of hydrogen-bond acceptors (Lipinski definition) is 2. The van der Waals surface area contributed by atoms with Gasteiger partial charge in [-0.3, -0.25) is 4.79 Å². The SMILES string of the molecule is Nc1cc(C(F)(F)F)ccc1NC(=O)CC(F)(F)F. The number of nitrogens with one attached hydrogen (secondary N) is 1. The second kappa shape index (κ2) is 4.98. The van der Waals surface area contributed by atoms with E-state index >= 15 is 0 Å². The Hall–Kier alpha value is -1.93. The van der Waals surface area contributed by atoms with E-state index in [4.69, 9.17) is 5.73 Å². The quantitative estimate of drug-likeness (QED) is 0.648. The van der Waals surface area contributed by atoms with Crippen molar-refractivity contribution in [3.8, 4) is 0 Å². The second-order valence-electron chi connectivity index (χ2n) is 3.64. The molecule has 9 heteroatoms. The van der Waals surface area contributed by atoms with Gasteiger partial charge in [0.2, 0.25) is 5.91 Å². The Morgan fingerprint density at radius 2 is 1.74 bits per heavy atom. The van der Waals surface area contributed by atoms with Gasteiger partial charge in [0, 0.05) is 0 Å². The molecule has 0 aliphatic carbocycles. The molecule has 0 aromatic heterocycles. The third kappa shape index (κ3) is 4.68. The summed E-state index contributed by atoms with van der Waals surface area (Å²) in [4.78, 5) is 11.0. The Labute approximate surface area is 103 Å². The third-order valence-corrected chi connectivity index (χ3v) is 2.01. The molecule has 106 valence electrons. The number of nitrogens with two attached hydrogens (primary N) is 1. The number of nitrogen functional groups attached to an aromatic ring is 1. The molecule has 0 saturated heterocycles. The van der Waals surface area contributed by atoms with Crippen LogP contribution in [0.15, 0.2) is 18.2 Å². The van der Waals surface area contributed by atoms with E-state index in [2.05, 4.69) is 0 Å². The van der Waals surface area contributed by atoms with Crippen LogP contribution in [0.25, 0.3) is 0 Å². The van der Waals surface area contributed by atoms with Crippen molar-refractivity contribution in [2.75, 3.05) is 11.1 Å². The molecular weight excluding hydrogens is 278 g/mol. The number of alkyl halides is 6. The first kappa shape index (κ1) is 15.1. The molecule has 0 aliphatic heterocycles. The van der Waals surface area contributed by atoms with Gasteiger partial charge in [0.1, 0.15) is 6.42 Å². The Morgan fingerprint density at radius 3 is 2.16 bits per heavy atom. The number of rotatable bonds is 2. The smallest absolute Gasteiger partial charge is 0.397 e. The van der Waals surface area contributed by atoms with E-state index in [0.717, 1.165) is 6.07 Å². The largest absolute Gasteiger partial charge is 0.416 e. The maximum absolute atomic E-state index is 12.3. The lowest BCUT2D eigenvalue weighted by Gasteiger charge is -2.12. The molecule has 0 aliphatic rings. The maximum Gasteiger partial charge on any atom is 0.416 e. The van der Waals surface area contributed by atoms with Gasteiger partial charge in [-0.1, -0.05) is 0 Å². The summed E-state index contributed by atoms with van der Waals surface area (Å²) in [5, 5.41) is 1.79. The summed E-state index contributed by atoms with van der Waals surface area (Å²) in [5.41, 5.74) is 3.41. The lowest BCUT2D eigenvalue weighted by atomic mass is 10.1. The zero-order valence-corrected chi connectivity index (χ0v) is 9.19. The van der Waals surface area contributed by atoms with Crippen molar-refractivity contribution in [2.45, 2.75) is 18.8 Å². The zero-order chi connectivity index (χ0) is 14.8. The number of halogens is 6. The van der Waals surface area contributed by atoms with Crippen LogP contribution in [-0.2, 0) is 11.0 Å². The minimum Gasteiger partial charge on any atom is -0.397 e. The van der Waals surface area contributed by atoms with E-state index in [-0.39, 0.29) is 5.69 Å². The highest BCUT2D eigenvalue weighted by Gasteiger charge is 2.32. The Bertz CT molecular complexity index is 480. The summed E-state index contributed by atoms with van der Waals surface area (Å²) in [6.07, 6.45) is -11.1. The first-order valence-corrected chi connectivity index (χ1v) is 4.82. The number of anilines is 2. The number of amides is 1. The summed E-state index contributed by atoms with van der Waals surface area (Å²) >= 11 is 0. The van der Waals surface area contributed by atoms with Gasteiger partial charge in [-0.2, -0.15) is 26.3 Å². The van der Waals surface area contributed by atoms with Crippen LogP contribution in [0.2, 0.25) is 0 Å². The van der Waals surface area contributed by atoms with Gasteiger partial charge in [0.05, 0.1) is 16.9 Å². The molecule has 1 aromatic rings. The molecule has 3 nitrogen and oxygen atoms in total. The highest BCUT2D eigenvalue weighted by Crippen LogP contribution is 2.33. The predicted molar refractivity (Wildman–Crippen MR) is 55.2 cm³/mol. The highest BCUT2D eigenvalue weighted by molar-refractivity contribution is 5.94. The third-order valence-electron chi connectivity index (χ3n) is 2.01. The summed E-state index contributed by atoms with van der Waals surface area (Å²) < 4.78 is 72.5. The molecule has 0 saturated carbocycles. The van der Waals surface area contributed by atoms with Crippen molar-refractivity contribution in [3.05, 3.63) is 23.8 Å². The van der Waals surface area contributed by atoms with Crippen LogP contribution in [-0.4, -0.2) is 12.1 Å². The zero-order valence-electron chi connectivity index (χ0n) is 9.19. The van der Waals surface area contributed by atoms with Crippen LogP contribution >= 0.6 is 0 Å². The summed E-state index contributed by atoms with van der Waals surface area (Å²) in [6.45, 7) is 0. The van der Waals surface area contributed by atoms with Crippen molar-refractivity contribution >= 4 is 17.3 Å². The lowest BCUT2D eigenvalue weighted by Crippen LogP contribution is -2.21. The molecule has 1 aromatic carbocycles. The van der Waals surface area contributed by atoms with Crippen molar-refractivity contribution in [1.82, 2.24) is 0 Å². The number of benzene rings is 1. The fraction of sp³-hybridized carbons (Fsp3) is 0.300. The van der Waals surface area contributed by atoms with Gasteiger partial charge >= 0.3 is 12.4 Å². The van der Waals surface area contributed by atoms with Gasteiger partial charge in [-0.15, -0.1) is 0 Å². The molecule has 19 heavy (non-hydrogen) atoms. The molecule has 0 unspecified atom stereocenters. The second-order valence-corrected chi connectivity index (χ2v) is 3.64. The maximum atomic E-state index is 12.3. The first-order valence-electron chi connectivity index (χ1n) is 4.82. The molecule has 0 atom stereocenters. The van der Waals surface area contributed by atoms with E-state index < -0.39 is 35.9 Å². The summed E-state index contributed by atoms with van der Waals surface area (Å²) in [7, 11) is 0. The van der Waals surface area contributed by atoms with Crippen molar-refractivity contribution in [1.29, 1.82) is 0 Å². The van der Waals surface area contributed by atoms with Crippen LogP contribution in [0.1, 0.15) is 12.0 Å². The monoisotopic (exact) mass is 286 g/mol. The first-order chi connectivity index (χ1) is 8.49. The molecule has 0 fully saturated rings.